The van der Waals surface area contributed by atoms with E-state index in [1.165, 1.54) is 11.8 Å². The fraction of sp³-hybridized carbons (Fsp3) is 0.208. The fourth-order valence-corrected chi connectivity index (χ4v) is 4.27. The van der Waals surface area contributed by atoms with E-state index in [0.29, 0.717) is 10.6 Å². The first-order valence-electron chi connectivity index (χ1n) is 9.69. The van der Waals surface area contributed by atoms with E-state index in [-0.39, 0.29) is 5.91 Å². The number of nitrogens with one attached hydrogen (secondary N) is 1. The van der Waals surface area contributed by atoms with Gasteiger partial charge in [-0.3, -0.25) is 9.59 Å². The molecule has 0 aliphatic heterocycles. The monoisotopic (exact) mass is 419 g/mol. The number of aryl methyl sites for hydroxylation is 1. The summed E-state index contributed by atoms with van der Waals surface area (Å²) in [6.45, 7) is 7.45. The first-order chi connectivity index (χ1) is 14.3. The molecule has 6 heteroatoms. The van der Waals surface area contributed by atoms with Gasteiger partial charge in [0.15, 0.2) is 0 Å². The second-order valence-electron chi connectivity index (χ2n) is 7.15. The molecule has 3 rings (SSSR count). The molecular formula is C24H25N3O2S. The standard InChI is InChI=1S/C24H25N3O2S/c1-14-15(2)21(22(25)28)24(26-16(14)3)30-17(4)23(29)27-20-13-9-8-12-19(20)18-10-6-5-7-11-18/h5-13,17H,1-4H3,(H2,25,28)(H,27,29)/t17-/m0/s1. The quantitative estimate of drug-likeness (QED) is 0.557. The van der Waals surface area contributed by atoms with Gasteiger partial charge in [-0.25, -0.2) is 4.98 Å². The molecule has 0 aliphatic rings. The van der Waals surface area contributed by atoms with Crippen molar-refractivity contribution in [3.05, 3.63) is 77.0 Å². The van der Waals surface area contributed by atoms with Crippen LogP contribution in [0.15, 0.2) is 59.6 Å². The van der Waals surface area contributed by atoms with Gasteiger partial charge >= 0.3 is 0 Å². The van der Waals surface area contributed by atoms with E-state index < -0.39 is 11.2 Å². The summed E-state index contributed by atoms with van der Waals surface area (Å²) >= 11 is 1.24. The van der Waals surface area contributed by atoms with Crippen LogP contribution in [0, 0.1) is 20.8 Å². The number of hydrogen-bond donors (Lipinski definition) is 2. The number of nitrogens with zero attached hydrogens (tertiary/aromatic N) is 1. The Kier molecular flexibility index (Phi) is 6.57. The van der Waals surface area contributed by atoms with Crippen molar-refractivity contribution in [2.75, 3.05) is 5.32 Å². The van der Waals surface area contributed by atoms with Gasteiger partial charge < -0.3 is 11.1 Å². The zero-order valence-electron chi connectivity index (χ0n) is 17.5. The molecule has 2 aromatic carbocycles. The highest BCUT2D eigenvalue weighted by molar-refractivity contribution is 8.00. The summed E-state index contributed by atoms with van der Waals surface area (Å²) < 4.78 is 0. The zero-order chi connectivity index (χ0) is 21.8. The van der Waals surface area contributed by atoms with E-state index >= 15 is 0 Å². The van der Waals surface area contributed by atoms with Crippen molar-refractivity contribution in [3.63, 3.8) is 0 Å². The summed E-state index contributed by atoms with van der Waals surface area (Å²) in [5, 5.41) is 3.03. The third kappa shape index (κ3) is 4.54. The van der Waals surface area contributed by atoms with Gasteiger partial charge in [0.2, 0.25) is 5.91 Å². The number of amides is 2. The summed E-state index contributed by atoms with van der Waals surface area (Å²) in [5.74, 6) is -0.705. The number of nitrogens with two attached hydrogens (primary N) is 1. The molecule has 3 N–H and O–H groups in total. The van der Waals surface area contributed by atoms with Crippen molar-refractivity contribution in [1.82, 2.24) is 4.98 Å². The first-order valence-corrected chi connectivity index (χ1v) is 10.6. The van der Waals surface area contributed by atoms with E-state index in [4.69, 9.17) is 5.73 Å². The number of aromatic nitrogens is 1. The Labute approximate surface area is 181 Å². The number of carbonyl (C=O) groups is 2. The highest BCUT2D eigenvalue weighted by atomic mass is 32.2. The summed E-state index contributed by atoms with van der Waals surface area (Å²) in [4.78, 5) is 29.5. The highest BCUT2D eigenvalue weighted by Gasteiger charge is 2.23. The van der Waals surface area contributed by atoms with E-state index in [1.54, 1.807) is 6.92 Å². The SMILES string of the molecule is Cc1nc(S[C@@H](C)C(=O)Nc2ccccc2-c2ccccc2)c(C(N)=O)c(C)c1C. The predicted octanol–water partition coefficient (Wildman–Crippen LogP) is 4.89. The summed E-state index contributed by atoms with van der Waals surface area (Å²) in [6.07, 6.45) is 0. The number of rotatable bonds is 6. The Morgan fingerprint density at radius 2 is 1.60 bits per heavy atom. The number of benzene rings is 2. The summed E-state index contributed by atoms with van der Waals surface area (Å²) in [5.41, 5.74) is 11.2. The average Bonchev–Trinajstić information content (AvgIpc) is 2.72. The maximum Gasteiger partial charge on any atom is 0.251 e. The van der Waals surface area contributed by atoms with Gasteiger partial charge in [-0.1, -0.05) is 60.3 Å². The molecule has 1 aromatic heterocycles. The minimum atomic E-state index is -0.535. The predicted molar refractivity (Wildman–Crippen MR) is 123 cm³/mol. The number of primary amides is 1. The van der Waals surface area contributed by atoms with Crippen molar-refractivity contribution >= 4 is 29.3 Å². The van der Waals surface area contributed by atoms with Gasteiger partial charge in [0.1, 0.15) is 5.03 Å². The number of hydrogen-bond acceptors (Lipinski definition) is 4. The average molecular weight is 420 g/mol. The van der Waals surface area contributed by atoms with Crippen LogP contribution in [-0.4, -0.2) is 22.0 Å². The molecular weight excluding hydrogens is 394 g/mol. The normalized spacial score (nSPS) is 11.7. The van der Waals surface area contributed by atoms with Crippen LogP contribution in [0.2, 0.25) is 0 Å². The van der Waals surface area contributed by atoms with Gasteiger partial charge in [0.05, 0.1) is 10.8 Å². The van der Waals surface area contributed by atoms with Crippen LogP contribution in [0.25, 0.3) is 11.1 Å². The molecule has 0 saturated carbocycles. The van der Waals surface area contributed by atoms with Crippen molar-refractivity contribution in [2.24, 2.45) is 5.73 Å². The second-order valence-corrected chi connectivity index (χ2v) is 8.48. The third-order valence-electron chi connectivity index (χ3n) is 5.14. The van der Waals surface area contributed by atoms with Crippen LogP contribution in [0.4, 0.5) is 5.69 Å². The molecule has 1 atom stereocenters. The van der Waals surface area contributed by atoms with Crippen LogP contribution >= 0.6 is 11.8 Å². The topological polar surface area (TPSA) is 85.1 Å². The number of anilines is 1. The zero-order valence-corrected chi connectivity index (χ0v) is 18.3. The van der Waals surface area contributed by atoms with Gasteiger partial charge in [-0.05, 0) is 50.5 Å². The molecule has 154 valence electrons. The fourth-order valence-electron chi connectivity index (χ4n) is 3.20. The Morgan fingerprint density at radius 1 is 0.967 bits per heavy atom. The van der Waals surface area contributed by atoms with Crippen molar-refractivity contribution in [3.8, 4) is 11.1 Å². The molecule has 0 bridgehead atoms. The lowest BCUT2D eigenvalue weighted by Crippen LogP contribution is -2.24. The Hall–Kier alpha value is -3.12. The largest absolute Gasteiger partial charge is 0.366 e. The van der Waals surface area contributed by atoms with Crippen LogP contribution in [0.5, 0.6) is 0 Å². The number of carbonyl (C=O) groups excluding carboxylic acids is 2. The molecule has 30 heavy (non-hydrogen) atoms. The lowest BCUT2D eigenvalue weighted by atomic mass is 10.0. The van der Waals surface area contributed by atoms with Gasteiger partial charge in [0, 0.05) is 16.9 Å². The molecule has 2 amide bonds. The van der Waals surface area contributed by atoms with E-state index in [1.807, 2.05) is 75.4 Å². The van der Waals surface area contributed by atoms with Gasteiger partial charge in [-0.2, -0.15) is 0 Å². The Balaban J connectivity index is 1.85. The molecule has 3 aromatic rings. The first kappa shape index (κ1) is 21.6. The van der Waals surface area contributed by atoms with Crippen molar-refractivity contribution in [1.29, 1.82) is 0 Å². The number of para-hydroxylation sites is 1. The summed E-state index contributed by atoms with van der Waals surface area (Å²) in [6, 6.07) is 17.6. The molecule has 0 unspecified atom stereocenters. The van der Waals surface area contributed by atoms with E-state index in [9.17, 15) is 9.59 Å². The molecule has 0 spiro atoms. The lowest BCUT2D eigenvalue weighted by molar-refractivity contribution is -0.115. The van der Waals surface area contributed by atoms with Gasteiger partial charge in [-0.15, -0.1) is 0 Å². The smallest absolute Gasteiger partial charge is 0.251 e. The van der Waals surface area contributed by atoms with Gasteiger partial charge in [0.25, 0.3) is 5.91 Å². The maximum atomic E-state index is 12.9. The molecule has 0 aliphatic carbocycles. The van der Waals surface area contributed by atoms with Crippen LogP contribution in [-0.2, 0) is 4.79 Å². The van der Waals surface area contributed by atoms with Crippen LogP contribution < -0.4 is 11.1 Å². The third-order valence-corrected chi connectivity index (χ3v) is 6.22. The molecule has 1 heterocycles. The number of pyridine rings is 1. The van der Waals surface area contributed by atoms with Crippen molar-refractivity contribution < 1.29 is 9.59 Å². The van der Waals surface area contributed by atoms with Crippen LogP contribution in [0.1, 0.15) is 34.1 Å². The van der Waals surface area contributed by atoms with Crippen molar-refractivity contribution in [2.45, 2.75) is 38.0 Å². The minimum Gasteiger partial charge on any atom is -0.366 e. The molecule has 5 nitrogen and oxygen atoms in total. The highest BCUT2D eigenvalue weighted by Crippen LogP contribution is 2.32. The summed E-state index contributed by atoms with van der Waals surface area (Å²) in [7, 11) is 0. The second kappa shape index (κ2) is 9.13. The molecule has 0 radical (unpaired) electrons. The maximum absolute atomic E-state index is 12.9. The Bertz CT molecular complexity index is 1100. The minimum absolute atomic E-state index is 0.170. The lowest BCUT2D eigenvalue weighted by Gasteiger charge is -2.17. The number of thioether (sulfide) groups is 1. The van der Waals surface area contributed by atoms with Crippen LogP contribution in [0.3, 0.4) is 0 Å². The van der Waals surface area contributed by atoms with E-state index in [2.05, 4.69) is 10.3 Å². The Morgan fingerprint density at radius 3 is 2.27 bits per heavy atom. The molecule has 0 fully saturated rings. The van der Waals surface area contributed by atoms with E-state index in [0.717, 1.165) is 33.6 Å². The molecule has 0 saturated heterocycles.